The van der Waals surface area contributed by atoms with Crippen molar-refractivity contribution in [3.05, 3.63) is 60.2 Å². The van der Waals surface area contributed by atoms with Crippen molar-refractivity contribution in [2.75, 3.05) is 0 Å². The third kappa shape index (κ3) is 3.15. The third-order valence-electron chi connectivity index (χ3n) is 3.42. The second kappa shape index (κ2) is 5.35. The largest absolute Gasteiger partial charge is 0.433 e. The molecule has 1 heterocycles. The van der Waals surface area contributed by atoms with Crippen LogP contribution in [0.2, 0.25) is 0 Å². The van der Waals surface area contributed by atoms with Crippen LogP contribution in [0.3, 0.4) is 0 Å². The fraction of sp³-hybridized carbons (Fsp3) is 0.235. The quantitative estimate of drug-likeness (QED) is 0.670. The molecule has 1 aromatic carbocycles. The number of benzene rings is 1. The Hall–Kier alpha value is -2.10. The Morgan fingerprint density at radius 2 is 1.62 bits per heavy atom. The van der Waals surface area contributed by atoms with Crippen LogP contribution in [-0.2, 0) is 0 Å². The molecule has 1 aromatic rings. The van der Waals surface area contributed by atoms with E-state index in [0.29, 0.717) is 17.2 Å². The first-order valence-electron chi connectivity index (χ1n) is 6.56. The summed E-state index contributed by atoms with van der Waals surface area (Å²) < 4.78 is 37.0. The number of hydrogen-bond acceptors (Lipinski definition) is 1. The van der Waals surface area contributed by atoms with E-state index in [-0.39, 0.29) is 0 Å². The number of alkyl halides is 3. The van der Waals surface area contributed by atoms with Crippen LogP contribution in [0.25, 0.3) is 11.3 Å². The molecule has 1 nitrogen and oxygen atoms in total. The first-order valence-corrected chi connectivity index (χ1v) is 6.56. The smallest absolute Gasteiger partial charge is 0.243 e. The van der Waals surface area contributed by atoms with Crippen LogP contribution in [0.4, 0.5) is 13.2 Å². The van der Waals surface area contributed by atoms with Crippen LogP contribution in [0.1, 0.15) is 25.0 Å². The van der Waals surface area contributed by atoms with Crippen molar-refractivity contribution in [2.24, 2.45) is 10.9 Å². The van der Waals surface area contributed by atoms with Gasteiger partial charge in [-0.2, -0.15) is 13.2 Å². The molecule has 0 aromatic heterocycles. The van der Waals surface area contributed by atoms with Crippen LogP contribution in [0.5, 0.6) is 0 Å². The van der Waals surface area contributed by atoms with E-state index < -0.39 is 11.9 Å². The third-order valence-corrected chi connectivity index (χ3v) is 3.42. The van der Waals surface area contributed by atoms with Gasteiger partial charge in [0.05, 0.1) is 5.70 Å². The number of allylic oxidation sites excluding steroid dienone is 3. The average molecular weight is 291 g/mol. The van der Waals surface area contributed by atoms with Crippen LogP contribution >= 0.6 is 0 Å². The van der Waals surface area contributed by atoms with Crippen LogP contribution in [0.15, 0.2) is 54.1 Å². The summed E-state index contributed by atoms with van der Waals surface area (Å²) in [5.74, 6) is 0.297. The molecule has 0 N–H and O–H groups in total. The minimum atomic E-state index is -4.37. The summed E-state index contributed by atoms with van der Waals surface area (Å²) in [6, 6.07) is 7.15. The van der Waals surface area contributed by atoms with Gasteiger partial charge in [0.15, 0.2) is 0 Å². The van der Waals surface area contributed by atoms with Gasteiger partial charge in [-0.15, -0.1) is 0 Å². The van der Waals surface area contributed by atoms with Gasteiger partial charge in [-0.05, 0) is 28.7 Å². The highest BCUT2D eigenvalue weighted by Crippen LogP contribution is 2.32. The molecule has 1 aliphatic heterocycles. The van der Waals surface area contributed by atoms with Gasteiger partial charge in [0.25, 0.3) is 0 Å². The summed E-state index contributed by atoms with van der Waals surface area (Å²) in [7, 11) is 0. The molecule has 0 radical (unpaired) electrons. The highest BCUT2D eigenvalue weighted by atomic mass is 19.4. The zero-order valence-electron chi connectivity index (χ0n) is 12.0. The van der Waals surface area contributed by atoms with Crippen LogP contribution in [0, 0.1) is 5.92 Å². The average Bonchev–Trinajstić information content (AvgIpc) is 2.34. The summed E-state index contributed by atoms with van der Waals surface area (Å²) in [5, 5.41) is 0. The first-order chi connectivity index (χ1) is 9.70. The number of aliphatic imine (C=N–C) groups is 1. The molecule has 21 heavy (non-hydrogen) atoms. The van der Waals surface area contributed by atoms with Crippen molar-refractivity contribution < 1.29 is 13.2 Å². The SMILES string of the molecule is C=C(C(=C)C(C)C)c1ccc(C2=CC(C(F)(F)F)=N2)cc1. The van der Waals surface area contributed by atoms with E-state index in [0.717, 1.165) is 22.8 Å². The van der Waals surface area contributed by atoms with Crippen molar-refractivity contribution in [1.82, 2.24) is 0 Å². The Kier molecular flexibility index (Phi) is 3.90. The number of hydrogen-bond donors (Lipinski definition) is 0. The van der Waals surface area contributed by atoms with Gasteiger partial charge < -0.3 is 0 Å². The van der Waals surface area contributed by atoms with Crippen molar-refractivity contribution in [2.45, 2.75) is 20.0 Å². The maximum Gasteiger partial charge on any atom is 0.433 e. The molecule has 0 amide bonds. The lowest BCUT2D eigenvalue weighted by Gasteiger charge is -2.17. The monoisotopic (exact) mass is 291 g/mol. The summed E-state index contributed by atoms with van der Waals surface area (Å²) in [6.45, 7) is 12.1. The van der Waals surface area contributed by atoms with E-state index in [1.807, 2.05) is 26.0 Å². The number of rotatable bonds is 4. The van der Waals surface area contributed by atoms with Gasteiger partial charge >= 0.3 is 6.18 Å². The molecule has 110 valence electrons. The maximum atomic E-state index is 12.3. The number of halogens is 3. The summed E-state index contributed by atoms with van der Waals surface area (Å²) >= 11 is 0. The lowest BCUT2D eigenvalue weighted by molar-refractivity contribution is -0.0580. The van der Waals surface area contributed by atoms with Crippen molar-refractivity contribution in [3.8, 4) is 0 Å². The standard InChI is InChI=1S/C17H16F3N/c1-10(2)11(3)12(4)13-5-7-14(8-6-13)15-9-16(21-15)17(18,19)20/h5-10H,3-4H2,1-2H3. The predicted octanol–water partition coefficient (Wildman–Crippen LogP) is 5.27. The lowest BCUT2D eigenvalue weighted by atomic mass is 9.92. The maximum absolute atomic E-state index is 12.3. The molecule has 0 aliphatic carbocycles. The summed E-state index contributed by atoms with van der Waals surface area (Å²) in [6.07, 6.45) is -3.32. The minimum Gasteiger partial charge on any atom is -0.243 e. The second-order valence-electron chi connectivity index (χ2n) is 5.26. The van der Waals surface area contributed by atoms with Crippen molar-refractivity contribution in [1.29, 1.82) is 0 Å². The Morgan fingerprint density at radius 1 is 1.10 bits per heavy atom. The van der Waals surface area contributed by atoms with E-state index in [1.165, 1.54) is 0 Å². The minimum absolute atomic E-state index is 0.297. The van der Waals surface area contributed by atoms with Gasteiger partial charge in [-0.1, -0.05) is 51.3 Å². The Bertz CT molecular complexity index is 644. The van der Waals surface area contributed by atoms with E-state index in [9.17, 15) is 13.2 Å². The van der Waals surface area contributed by atoms with E-state index >= 15 is 0 Å². The highest BCUT2D eigenvalue weighted by molar-refractivity contribution is 6.13. The Labute approximate surface area is 122 Å². The van der Waals surface area contributed by atoms with Gasteiger partial charge in [-0.25, -0.2) is 4.99 Å². The van der Waals surface area contributed by atoms with Crippen molar-refractivity contribution in [3.63, 3.8) is 0 Å². The molecule has 0 saturated carbocycles. The van der Waals surface area contributed by atoms with Gasteiger partial charge in [-0.3, -0.25) is 0 Å². The predicted molar refractivity (Wildman–Crippen MR) is 80.9 cm³/mol. The van der Waals surface area contributed by atoms with Crippen LogP contribution < -0.4 is 0 Å². The zero-order chi connectivity index (χ0) is 15.8. The fourth-order valence-corrected chi connectivity index (χ4v) is 1.93. The molecule has 0 fully saturated rings. The molecule has 0 saturated heterocycles. The molecule has 4 heteroatoms. The molecule has 0 bridgehead atoms. The first kappa shape index (κ1) is 15.3. The zero-order valence-corrected chi connectivity index (χ0v) is 12.0. The van der Waals surface area contributed by atoms with E-state index in [2.05, 4.69) is 18.2 Å². The fourth-order valence-electron chi connectivity index (χ4n) is 1.93. The second-order valence-corrected chi connectivity index (χ2v) is 5.26. The molecule has 1 aliphatic rings. The normalized spacial score (nSPS) is 14.4. The molecule has 2 rings (SSSR count). The number of nitrogens with zero attached hydrogens (tertiary/aromatic N) is 1. The van der Waals surface area contributed by atoms with Gasteiger partial charge in [0.1, 0.15) is 5.71 Å². The topological polar surface area (TPSA) is 12.4 Å². The molecule has 0 unspecified atom stereocenters. The lowest BCUT2D eigenvalue weighted by Crippen LogP contribution is -2.25. The molecule has 0 atom stereocenters. The summed E-state index contributed by atoms with van der Waals surface area (Å²) in [5.41, 5.74) is 2.88. The van der Waals surface area contributed by atoms with Crippen molar-refractivity contribution >= 4 is 17.0 Å². The molecule has 0 spiro atoms. The van der Waals surface area contributed by atoms with Gasteiger partial charge in [0, 0.05) is 5.56 Å². The summed E-state index contributed by atoms with van der Waals surface area (Å²) in [4.78, 5) is 3.51. The van der Waals surface area contributed by atoms with Crippen LogP contribution in [-0.4, -0.2) is 11.9 Å². The van der Waals surface area contributed by atoms with E-state index in [4.69, 9.17) is 0 Å². The molecular weight excluding hydrogens is 275 g/mol. The molecular formula is C17H16F3N. The Morgan fingerprint density at radius 3 is 2.05 bits per heavy atom. The van der Waals surface area contributed by atoms with E-state index in [1.54, 1.807) is 12.1 Å². The van der Waals surface area contributed by atoms with Gasteiger partial charge in [0.2, 0.25) is 0 Å². The Balaban J connectivity index is 2.12. The highest BCUT2D eigenvalue weighted by Gasteiger charge is 2.38.